The van der Waals surface area contributed by atoms with Crippen molar-refractivity contribution in [2.24, 2.45) is 0 Å². The number of benzene rings is 1. The molecule has 26 heavy (non-hydrogen) atoms. The van der Waals surface area contributed by atoms with Crippen LogP contribution in [0.1, 0.15) is 46.6 Å². The Kier molecular flexibility index (Phi) is 11.0. The van der Waals surface area contributed by atoms with Crippen LogP contribution in [0.5, 0.6) is 0 Å². The molecule has 0 heterocycles. The normalized spacial score (nSPS) is 12.7. The molecule has 3 nitrogen and oxygen atoms in total. The topological polar surface area (TPSA) is 21.7 Å². The van der Waals surface area contributed by atoms with Gasteiger partial charge < -0.3 is 13.4 Å². The third-order valence-corrected chi connectivity index (χ3v) is 14.6. The number of nitrogens with zero attached hydrogens (tertiary/aromatic N) is 1. The Morgan fingerprint density at radius 1 is 0.846 bits per heavy atom. The first kappa shape index (κ1) is 23.6. The van der Waals surface area contributed by atoms with Crippen LogP contribution in [0.4, 0.5) is 0 Å². The van der Waals surface area contributed by atoms with Gasteiger partial charge in [0.15, 0.2) is 0 Å². The molecule has 1 aromatic carbocycles. The second-order valence-electron chi connectivity index (χ2n) is 7.30. The quantitative estimate of drug-likeness (QED) is 0.359. The lowest BCUT2D eigenvalue weighted by atomic mass is 10.2. The molecule has 0 fully saturated rings. The molecule has 0 saturated heterocycles. The highest BCUT2D eigenvalue weighted by atomic mass is 28.4. The van der Waals surface area contributed by atoms with Crippen molar-refractivity contribution in [3.8, 4) is 0 Å². The zero-order chi connectivity index (χ0) is 19.5. The van der Waals surface area contributed by atoms with Gasteiger partial charge in [-0.3, -0.25) is 0 Å². The predicted molar refractivity (Wildman–Crippen MR) is 118 cm³/mol. The molecule has 0 N–H and O–H groups in total. The van der Waals surface area contributed by atoms with Gasteiger partial charge >= 0.3 is 8.56 Å². The molecule has 0 spiro atoms. The molecular formula is C21H41NO2Si2. The van der Waals surface area contributed by atoms with E-state index in [4.69, 9.17) is 8.85 Å². The Labute approximate surface area is 164 Å². The van der Waals surface area contributed by atoms with E-state index in [1.807, 2.05) is 0 Å². The Hall–Kier alpha value is -0.466. The fraction of sp³-hybridized carbons (Fsp3) is 0.714. The van der Waals surface area contributed by atoms with Gasteiger partial charge in [-0.1, -0.05) is 51.1 Å². The minimum atomic E-state index is -2.01. The maximum atomic E-state index is 6.04. The average Bonchev–Trinajstić information content (AvgIpc) is 2.64. The van der Waals surface area contributed by atoms with Crippen LogP contribution in [0.25, 0.3) is 0 Å². The summed E-state index contributed by atoms with van der Waals surface area (Å²) in [6.07, 6.45) is 1.17. The standard InChI is InChI=1S/C21H41NO2Si2/c1-7-23-25(6,24-8-2)19-15-18-22(26(9-3,10-4)11-5)20-21-16-13-12-14-17-21/h12-14,16-17H,7-11,15,18-20H2,1-6H3. The van der Waals surface area contributed by atoms with Crippen molar-refractivity contribution >= 4 is 16.8 Å². The van der Waals surface area contributed by atoms with Crippen molar-refractivity contribution in [3.63, 3.8) is 0 Å². The third-order valence-electron chi connectivity index (χ3n) is 5.82. The minimum Gasteiger partial charge on any atom is -0.395 e. The summed E-state index contributed by atoms with van der Waals surface area (Å²) in [5.41, 5.74) is 1.44. The van der Waals surface area contributed by atoms with Gasteiger partial charge in [0.05, 0.1) is 0 Å². The molecule has 1 aromatic rings. The second-order valence-corrected chi connectivity index (χ2v) is 15.8. The van der Waals surface area contributed by atoms with Crippen LogP contribution in [0.15, 0.2) is 30.3 Å². The van der Waals surface area contributed by atoms with Gasteiger partial charge in [-0.15, -0.1) is 0 Å². The highest BCUT2D eigenvalue weighted by Gasteiger charge is 2.36. The van der Waals surface area contributed by atoms with Crippen molar-refractivity contribution in [3.05, 3.63) is 35.9 Å². The summed E-state index contributed by atoms with van der Waals surface area (Å²) in [5, 5.41) is 0. The van der Waals surface area contributed by atoms with Gasteiger partial charge in [0.1, 0.15) is 8.24 Å². The van der Waals surface area contributed by atoms with E-state index in [0.717, 1.165) is 25.8 Å². The lowest BCUT2D eigenvalue weighted by molar-refractivity contribution is 0.187. The molecule has 0 saturated carbocycles. The van der Waals surface area contributed by atoms with Crippen LogP contribution in [0.2, 0.25) is 30.7 Å². The van der Waals surface area contributed by atoms with Crippen molar-refractivity contribution in [2.75, 3.05) is 19.8 Å². The molecule has 1 rings (SSSR count). The zero-order valence-electron chi connectivity index (χ0n) is 18.0. The van der Waals surface area contributed by atoms with Crippen molar-refractivity contribution in [2.45, 2.75) is 78.3 Å². The smallest absolute Gasteiger partial charge is 0.334 e. The SMILES string of the molecule is CCO[Si](C)(CCCN(Cc1ccccc1)[Si](CC)(CC)CC)OCC. The second kappa shape index (κ2) is 12.1. The van der Waals surface area contributed by atoms with E-state index in [1.165, 1.54) is 36.7 Å². The summed E-state index contributed by atoms with van der Waals surface area (Å²) in [5.74, 6) is 0. The summed E-state index contributed by atoms with van der Waals surface area (Å²) in [4.78, 5) is 0. The van der Waals surface area contributed by atoms with Gasteiger partial charge in [0.25, 0.3) is 0 Å². The van der Waals surface area contributed by atoms with Gasteiger partial charge in [-0.2, -0.15) is 0 Å². The monoisotopic (exact) mass is 395 g/mol. The van der Waals surface area contributed by atoms with E-state index in [0.29, 0.717) is 0 Å². The van der Waals surface area contributed by atoms with Gasteiger partial charge in [0, 0.05) is 19.8 Å². The summed E-state index contributed by atoms with van der Waals surface area (Å²) in [6, 6.07) is 16.1. The van der Waals surface area contributed by atoms with Crippen LogP contribution >= 0.6 is 0 Å². The summed E-state index contributed by atoms with van der Waals surface area (Å²) >= 11 is 0. The van der Waals surface area contributed by atoms with E-state index in [2.05, 4.69) is 76.1 Å². The number of hydrogen-bond donors (Lipinski definition) is 0. The Morgan fingerprint density at radius 3 is 1.85 bits per heavy atom. The van der Waals surface area contributed by atoms with Crippen LogP contribution in [0.3, 0.4) is 0 Å². The average molecular weight is 396 g/mol. The third kappa shape index (κ3) is 6.93. The van der Waals surface area contributed by atoms with Crippen LogP contribution in [-0.4, -0.2) is 41.1 Å². The summed E-state index contributed by atoms with van der Waals surface area (Å²) < 4.78 is 14.9. The molecule has 0 radical (unpaired) electrons. The van der Waals surface area contributed by atoms with Gasteiger partial charge in [0.2, 0.25) is 0 Å². The maximum absolute atomic E-state index is 6.04. The highest BCUT2D eigenvalue weighted by molar-refractivity contribution is 6.77. The largest absolute Gasteiger partial charge is 0.395 e. The van der Waals surface area contributed by atoms with E-state index in [1.54, 1.807) is 0 Å². The Morgan fingerprint density at radius 2 is 1.38 bits per heavy atom. The minimum absolute atomic E-state index is 0.758. The highest BCUT2D eigenvalue weighted by Crippen LogP contribution is 2.28. The first-order chi connectivity index (χ1) is 12.5. The Bertz CT molecular complexity index is 466. The van der Waals surface area contributed by atoms with Crippen LogP contribution in [0, 0.1) is 0 Å². The lowest BCUT2D eigenvalue weighted by Gasteiger charge is -2.41. The van der Waals surface area contributed by atoms with Crippen molar-refractivity contribution < 1.29 is 8.85 Å². The van der Waals surface area contributed by atoms with E-state index in [-0.39, 0.29) is 0 Å². The fourth-order valence-electron chi connectivity index (χ4n) is 4.10. The van der Waals surface area contributed by atoms with E-state index < -0.39 is 16.8 Å². The maximum Gasteiger partial charge on any atom is 0.334 e. The van der Waals surface area contributed by atoms with E-state index >= 15 is 0 Å². The molecule has 5 heteroatoms. The first-order valence-corrected chi connectivity index (χ1v) is 15.6. The number of hydrogen-bond acceptors (Lipinski definition) is 3. The van der Waals surface area contributed by atoms with Crippen LogP contribution in [-0.2, 0) is 15.4 Å². The fourth-order valence-corrected chi connectivity index (χ4v) is 10.5. The molecule has 0 aliphatic rings. The van der Waals surface area contributed by atoms with Gasteiger partial charge in [-0.05, 0) is 63.1 Å². The first-order valence-electron chi connectivity index (χ1n) is 10.6. The summed E-state index contributed by atoms with van der Waals surface area (Å²) in [6.45, 7) is 17.4. The van der Waals surface area contributed by atoms with Crippen molar-refractivity contribution in [1.29, 1.82) is 0 Å². The molecule has 0 aromatic heterocycles. The molecule has 0 unspecified atom stereocenters. The zero-order valence-corrected chi connectivity index (χ0v) is 20.0. The number of rotatable bonds is 14. The lowest BCUT2D eigenvalue weighted by Crippen LogP contribution is -2.52. The van der Waals surface area contributed by atoms with Crippen LogP contribution < -0.4 is 0 Å². The molecular weight excluding hydrogens is 354 g/mol. The molecule has 0 aliphatic heterocycles. The molecule has 0 bridgehead atoms. The molecule has 150 valence electrons. The van der Waals surface area contributed by atoms with Crippen molar-refractivity contribution in [1.82, 2.24) is 4.57 Å². The molecule has 0 aliphatic carbocycles. The van der Waals surface area contributed by atoms with E-state index in [9.17, 15) is 0 Å². The molecule has 0 atom stereocenters. The molecule has 0 amide bonds. The predicted octanol–water partition coefficient (Wildman–Crippen LogP) is 6.03. The summed E-state index contributed by atoms with van der Waals surface area (Å²) in [7, 11) is -3.41. The Balaban J connectivity index is 2.85. The van der Waals surface area contributed by atoms with Gasteiger partial charge in [-0.25, -0.2) is 0 Å².